The van der Waals surface area contributed by atoms with E-state index in [0.29, 0.717) is 11.8 Å². The molecule has 2 aliphatic rings. The minimum atomic E-state index is -0.0753. The van der Waals surface area contributed by atoms with Crippen molar-refractivity contribution in [2.24, 2.45) is 11.1 Å². The first kappa shape index (κ1) is 12.1. The molecule has 1 aromatic rings. The molecular weight excluding hydrogens is 222 g/mol. The van der Waals surface area contributed by atoms with Crippen LogP contribution >= 0.6 is 0 Å². The molecule has 1 aromatic heterocycles. The van der Waals surface area contributed by atoms with Crippen LogP contribution in [0.25, 0.3) is 0 Å². The Labute approximate surface area is 109 Å². The lowest BCUT2D eigenvalue weighted by Crippen LogP contribution is -2.28. The molecule has 0 aliphatic heterocycles. The van der Waals surface area contributed by atoms with Crippen LogP contribution in [-0.2, 0) is 0 Å². The number of nitrogens with two attached hydrogens (primary N) is 1. The first-order chi connectivity index (χ1) is 8.45. The fraction of sp³-hybridized carbons (Fsp3) is 0.733. The van der Waals surface area contributed by atoms with Crippen molar-refractivity contribution >= 4 is 0 Å². The molecule has 3 nitrogen and oxygen atoms in total. The Hall–Kier alpha value is -0.960. The summed E-state index contributed by atoms with van der Waals surface area (Å²) in [6.45, 7) is 6.46. The molecule has 1 unspecified atom stereocenters. The Bertz CT molecular complexity index is 423. The lowest BCUT2D eigenvalue weighted by atomic mass is 9.87. The van der Waals surface area contributed by atoms with Crippen LogP contribution in [0.3, 0.4) is 0 Å². The van der Waals surface area contributed by atoms with Crippen LogP contribution in [0.5, 0.6) is 0 Å². The number of nitrogens with zero attached hydrogens (tertiary/aromatic N) is 2. The summed E-state index contributed by atoms with van der Waals surface area (Å²) >= 11 is 0. The second-order valence-electron chi connectivity index (χ2n) is 6.97. The summed E-state index contributed by atoms with van der Waals surface area (Å²) < 4.78 is 0. The summed E-state index contributed by atoms with van der Waals surface area (Å²) in [5.41, 5.74) is 8.82. The standard InChI is InChI=1S/C15H23N3/c1-15(2,3)13(16)14-17-11(9-4-5-9)8-12(18-14)10-6-7-10/h8-10,13H,4-7,16H2,1-3H3. The molecule has 0 amide bonds. The van der Waals surface area contributed by atoms with Gasteiger partial charge in [-0.15, -0.1) is 0 Å². The van der Waals surface area contributed by atoms with Crippen LogP contribution in [0.2, 0.25) is 0 Å². The maximum absolute atomic E-state index is 6.33. The van der Waals surface area contributed by atoms with Crippen molar-refractivity contribution in [1.29, 1.82) is 0 Å². The van der Waals surface area contributed by atoms with Crippen LogP contribution in [0, 0.1) is 5.41 Å². The fourth-order valence-electron chi connectivity index (χ4n) is 2.21. The minimum Gasteiger partial charge on any atom is -0.321 e. The molecule has 2 aliphatic carbocycles. The molecular formula is C15H23N3. The van der Waals surface area contributed by atoms with Crippen LogP contribution in [0.1, 0.15) is 81.5 Å². The summed E-state index contributed by atoms with van der Waals surface area (Å²) in [6, 6.07) is 2.16. The monoisotopic (exact) mass is 245 g/mol. The zero-order valence-corrected chi connectivity index (χ0v) is 11.6. The van der Waals surface area contributed by atoms with Crippen molar-refractivity contribution in [3.63, 3.8) is 0 Å². The average Bonchev–Trinajstić information content (AvgIpc) is 3.18. The Morgan fingerprint density at radius 2 is 1.50 bits per heavy atom. The molecule has 3 heteroatoms. The number of hydrogen-bond acceptors (Lipinski definition) is 3. The topological polar surface area (TPSA) is 51.8 Å². The highest BCUT2D eigenvalue weighted by molar-refractivity contribution is 5.25. The van der Waals surface area contributed by atoms with Gasteiger partial charge in [0, 0.05) is 23.2 Å². The molecule has 1 heterocycles. The lowest BCUT2D eigenvalue weighted by Gasteiger charge is -2.26. The first-order valence-electron chi connectivity index (χ1n) is 7.09. The molecule has 2 N–H and O–H groups in total. The van der Waals surface area contributed by atoms with E-state index >= 15 is 0 Å². The van der Waals surface area contributed by atoms with E-state index in [9.17, 15) is 0 Å². The Morgan fingerprint density at radius 3 is 1.83 bits per heavy atom. The quantitative estimate of drug-likeness (QED) is 0.889. The largest absolute Gasteiger partial charge is 0.321 e. The van der Waals surface area contributed by atoms with Gasteiger partial charge in [0.15, 0.2) is 0 Å². The van der Waals surface area contributed by atoms with E-state index in [2.05, 4.69) is 26.8 Å². The molecule has 18 heavy (non-hydrogen) atoms. The first-order valence-corrected chi connectivity index (χ1v) is 7.09. The summed E-state index contributed by atoms with van der Waals surface area (Å²) in [5.74, 6) is 2.21. The van der Waals surface area contributed by atoms with E-state index in [4.69, 9.17) is 15.7 Å². The molecule has 3 rings (SSSR count). The molecule has 2 saturated carbocycles. The fourth-order valence-corrected chi connectivity index (χ4v) is 2.21. The Morgan fingerprint density at radius 1 is 1.06 bits per heavy atom. The third-order valence-corrected chi connectivity index (χ3v) is 3.99. The molecule has 98 valence electrons. The summed E-state index contributed by atoms with van der Waals surface area (Å²) in [4.78, 5) is 9.47. The predicted octanol–water partition coefficient (Wildman–Crippen LogP) is 3.28. The van der Waals surface area contributed by atoms with Gasteiger partial charge < -0.3 is 5.73 Å². The van der Waals surface area contributed by atoms with E-state index < -0.39 is 0 Å². The highest BCUT2D eigenvalue weighted by Gasteiger charge is 2.33. The van der Waals surface area contributed by atoms with Crippen molar-refractivity contribution < 1.29 is 0 Å². The van der Waals surface area contributed by atoms with Crippen molar-refractivity contribution in [2.75, 3.05) is 0 Å². The molecule has 0 radical (unpaired) electrons. The van der Waals surface area contributed by atoms with Gasteiger partial charge in [-0.1, -0.05) is 20.8 Å². The number of aromatic nitrogens is 2. The van der Waals surface area contributed by atoms with Gasteiger partial charge >= 0.3 is 0 Å². The Kier molecular flexibility index (Phi) is 2.70. The normalized spacial score (nSPS) is 22.0. The highest BCUT2D eigenvalue weighted by atomic mass is 15.0. The molecule has 1 atom stereocenters. The zero-order chi connectivity index (χ0) is 12.9. The maximum atomic E-state index is 6.33. The lowest BCUT2D eigenvalue weighted by molar-refractivity contribution is 0.314. The molecule has 0 spiro atoms. The van der Waals surface area contributed by atoms with E-state index in [1.54, 1.807) is 0 Å². The van der Waals surface area contributed by atoms with Gasteiger partial charge in [-0.2, -0.15) is 0 Å². The smallest absolute Gasteiger partial charge is 0.146 e. The van der Waals surface area contributed by atoms with Crippen molar-refractivity contribution in [1.82, 2.24) is 9.97 Å². The summed E-state index contributed by atoms with van der Waals surface area (Å²) in [7, 11) is 0. The van der Waals surface area contributed by atoms with Gasteiger partial charge in [0.05, 0.1) is 6.04 Å². The third kappa shape index (κ3) is 2.41. The molecule has 0 bridgehead atoms. The molecule has 0 saturated heterocycles. The van der Waals surface area contributed by atoms with Crippen LogP contribution < -0.4 is 5.73 Å². The van der Waals surface area contributed by atoms with Crippen LogP contribution in [0.15, 0.2) is 6.07 Å². The van der Waals surface area contributed by atoms with Gasteiger partial charge in [-0.3, -0.25) is 0 Å². The third-order valence-electron chi connectivity index (χ3n) is 3.99. The zero-order valence-electron chi connectivity index (χ0n) is 11.6. The van der Waals surface area contributed by atoms with E-state index in [-0.39, 0.29) is 11.5 Å². The highest BCUT2D eigenvalue weighted by Crippen LogP contribution is 2.44. The number of hydrogen-bond donors (Lipinski definition) is 1. The molecule has 2 fully saturated rings. The predicted molar refractivity (Wildman–Crippen MR) is 72.4 cm³/mol. The summed E-state index contributed by atoms with van der Waals surface area (Å²) in [6.07, 6.45) is 5.13. The maximum Gasteiger partial charge on any atom is 0.146 e. The second kappa shape index (κ2) is 4.02. The van der Waals surface area contributed by atoms with Gasteiger partial charge in [0.1, 0.15) is 5.82 Å². The Balaban J connectivity index is 1.96. The second-order valence-corrected chi connectivity index (χ2v) is 6.97. The SMILES string of the molecule is CC(C)(C)C(N)c1nc(C2CC2)cc(C2CC2)n1. The van der Waals surface area contributed by atoms with E-state index in [1.807, 2.05) is 0 Å². The minimum absolute atomic E-state index is 0.0169. The van der Waals surface area contributed by atoms with Gasteiger partial charge in [-0.05, 0) is 37.2 Å². The van der Waals surface area contributed by atoms with E-state index in [1.165, 1.54) is 37.1 Å². The number of rotatable bonds is 3. The van der Waals surface area contributed by atoms with Crippen molar-refractivity contribution in [2.45, 2.75) is 64.3 Å². The van der Waals surface area contributed by atoms with E-state index in [0.717, 1.165) is 5.82 Å². The van der Waals surface area contributed by atoms with Crippen LogP contribution in [-0.4, -0.2) is 9.97 Å². The summed E-state index contributed by atoms with van der Waals surface area (Å²) in [5, 5.41) is 0. The average molecular weight is 245 g/mol. The van der Waals surface area contributed by atoms with Crippen LogP contribution in [0.4, 0.5) is 0 Å². The van der Waals surface area contributed by atoms with Gasteiger partial charge in [0.2, 0.25) is 0 Å². The van der Waals surface area contributed by atoms with Crippen molar-refractivity contribution in [3.05, 3.63) is 23.3 Å². The van der Waals surface area contributed by atoms with Crippen molar-refractivity contribution in [3.8, 4) is 0 Å². The van der Waals surface area contributed by atoms with Gasteiger partial charge in [-0.25, -0.2) is 9.97 Å². The van der Waals surface area contributed by atoms with Gasteiger partial charge in [0.25, 0.3) is 0 Å². The molecule has 0 aromatic carbocycles.